The maximum atomic E-state index is 5.47. The van der Waals surface area contributed by atoms with Crippen molar-refractivity contribution >= 4 is 10.9 Å². The van der Waals surface area contributed by atoms with Crippen LogP contribution in [0.15, 0.2) is 18.2 Å². The molecule has 0 bridgehead atoms. The van der Waals surface area contributed by atoms with Gasteiger partial charge in [0.25, 0.3) is 0 Å². The molecular formula is C26H40N2O. The molecule has 2 aliphatic rings. The van der Waals surface area contributed by atoms with E-state index < -0.39 is 0 Å². The Kier molecular flexibility index (Phi) is 7.18. The number of nitrogens with zero attached hydrogens (tertiary/aromatic N) is 1. The summed E-state index contributed by atoms with van der Waals surface area (Å²) in [6, 6.07) is 7.22. The molecule has 1 aliphatic heterocycles. The van der Waals surface area contributed by atoms with Crippen molar-refractivity contribution in [3.05, 3.63) is 29.5 Å². The van der Waals surface area contributed by atoms with Crippen LogP contribution in [0.1, 0.15) is 81.9 Å². The fourth-order valence-electron chi connectivity index (χ4n) is 5.87. The number of H-pyrrole nitrogens is 1. The number of aryl methyl sites for hydroxylation is 1. The number of ether oxygens (including phenoxy) is 1. The minimum atomic E-state index is 0.812. The number of likely N-dealkylation sites (tertiary alicyclic amines) is 1. The highest BCUT2D eigenvalue weighted by atomic mass is 16.5. The first kappa shape index (κ1) is 20.8. The second kappa shape index (κ2) is 10.0. The van der Waals surface area contributed by atoms with Crippen LogP contribution in [0.3, 0.4) is 0 Å². The lowest BCUT2D eigenvalue weighted by molar-refractivity contribution is 0.137. The van der Waals surface area contributed by atoms with Gasteiger partial charge in [-0.15, -0.1) is 0 Å². The van der Waals surface area contributed by atoms with Crippen molar-refractivity contribution in [3.8, 4) is 5.75 Å². The fraction of sp³-hybridized carbons (Fsp3) is 0.692. The summed E-state index contributed by atoms with van der Waals surface area (Å²) in [7, 11) is 1.76. The summed E-state index contributed by atoms with van der Waals surface area (Å²) in [5, 5.41) is 1.34. The van der Waals surface area contributed by atoms with E-state index in [4.69, 9.17) is 4.74 Å². The zero-order valence-electron chi connectivity index (χ0n) is 18.6. The minimum absolute atomic E-state index is 0.812. The van der Waals surface area contributed by atoms with Crippen molar-refractivity contribution in [3.63, 3.8) is 0 Å². The van der Waals surface area contributed by atoms with Gasteiger partial charge in [-0.25, -0.2) is 0 Å². The molecule has 1 aromatic heterocycles. The highest BCUT2D eigenvalue weighted by Crippen LogP contribution is 2.31. The predicted octanol–water partition coefficient (Wildman–Crippen LogP) is 6.63. The second-order valence-corrected chi connectivity index (χ2v) is 9.51. The van der Waals surface area contributed by atoms with Crippen LogP contribution in [0.4, 0.5) is 0 Å². The molecule has 1 aliphatic carbocycles. The van der Waals surface area contributed by atoms with Gasteiger partial charge in [0.1, 0.15) is 5.75 Å². The molecule has 1 saturated carbocycles. The van der Waals surface area contributed by atoms with Gasteiger partial charge in [-0.05, 0) is 68.8 Å². The molecule has 1 saturated heterocycles. The van der Waals surface area contributed by atoms with E-state index in [1.807, 2.05) is 0 Å². The Morgan fingerprint density at radius 1 is 1.03 bits per heavy atom. The van der Waals surface area contributed by atoms with Gasteiger partial charge in [-0.3, -0.25) is 0 Å². The molecule has 4 rings (SSSR count). The van der Waals surface area contributed by atoms with E-state index in [-0.39, 0.29) is 0 Å². The van der Waals surface area contributed by atoms with Crippen LogP contribution < -0.4 is 4.74 Å². The SMILES string of the molecule is COc1ccc2[nH]c(C)c(CCN3CCCCC3CCCC3CCCCC3)c2c1. The van der Waals surface area contributed by atoms with E-state index in [2.05, 4.69) is 35.0 Å². The average molecular weight is 397 g/mol. The molecule has 0 spiro atoms. The maximum Gasteiger partial charge on any atom is 0.119 e. The third-order valence-electron chi connectivity index (χ3n) is 7.60. The van der Waals surface area contributed by atoms with Gasteiger partial charge in [-0.2, -0.15) is 0 Å². The molecular weight excluding hydrogens is 356 g/mol. The molecule has 160 valence electrons. The lowest BCUT2D eigenvalue weighted by atomic mass is 9.85. The highest BCUT2D eigenvalue weighted by molar-refractivity contribution is 5.86. The number of rotatable bonds is 8. The molecule has 1 aromatic carbocycles. The van der Waals surface area contributed by atoms with Crippen molar-refractivity contribution in [1.29, 1.82) is 0 Å². The lowest BCUT2D eigenvalue weighted by Crippen LogP contribution is -2.40. The molecule has 3 heteroatoms. The van der Waals surface area contributed by atoms with Gasteiger partial charge in [0, 0.05) is 29.2 Å². The molecule has 0 radical (unpaired) electrons. The summed E-state index contributed by atoms with van der Waals surface area (Å²) in [5.41, 5.74) is 4.03. The summed E-state index contributed by atoms with van der Waals surface area (Å²) < 4.78 is 5.47. The van der Waals surface area contributed by atoms with E-state index in [0.717, 1.165) is 24.1 Å². The van der Waals surface area contributed by atoms with Crippen molar-refractivity contribution in [1.82, 2.24) is 9.88 Å². The first-order chi connectivity index (χ1) is 14.2. The smallest absolute Gasteiger partial charge is 0.119 e. The van der Waals surface area contributed by atoms with Crippen LogP contribution in [0, 0.1) is 12.8 Å². The van der Waals surface area contributed by atoms with Gasteiger partial charge >= 0.3 is 0 Å². The Labute approximate surface area is 177 Å². The topological polar surface area (TPSA) is 28.3 Å². The van der Waals surface area contributed by atoms with Crippen molar-refractivity contribution in [2.75, 3.05) is 20.2 Å². The number of benzene rings is 1. The predicted molar refractivity (Wildman–Crippen MR) is 123 cm³/mol. The third-order valence-corrected chi connectivity index (χ3v) is 7.60. The van der Waals surface area contributed by atoms with E-state index in [1.54, 1.807) is 7.11 Å². The third kappa shape index (κ3) is 5.17. The molecule has 2 aromatic rings. The first-order valence-corrected chi connectivity index (χ1v) is 12.1. The van der Waals surface area contributed by atoms with Gasteiger partial charge < -0.3 is 14.6 Å². The van der Waals surface area contributed by atoms with Crippen molar-refractivity contribution in [2.45, 2.75) is 90.0 Å². The van der Waals surface area contributed by atoms with E-state index in [9.17, 15) is 0 Å². The standard InChI is InChI=1S/C26H40N2O/c1-20-24(25-19-23(29-2)14-15-26(25)27-20)16-18-28-17-7-6-12-22(28)13-8-11-21-9-4-3-5-10-21/h14-15,19,21-22,27H,3-13,16-18H2,1-2H3. The van der Waals surface area contributed by atoms with Crippen molar-refractivity contribution in [2.24, 2.45) is 5.92 Å². The number of aromatic nitrogens is 1. The molecule has 29 heavy (non-hydrogen) atoms. The quantitative estimate of drug-likeness (QED) is 0.542. The monoisotopic (exact) mass is 396 g/mol. The number of aromatic amines is 1. The van der Waals surface area contributed by atoms with Crippen LogP contribution in [0.5, 0.6) is 5.75 Å². The Hall–Kier alpha value is -1.48. The van der Waals surface area contributed by atoms with Crippen LogP contribution in [-0.2, 0) is 6.42 Å². The van der Waals surface area contributed by atoms with Crippen LogP contribution in [0.2, 0.25) is 0 Å². The van der Waals surface area contributed by atoms with E-state index in [0.29, 0.717) is 0 Å². The summed E-state index contributed by atoms with van der Waals surface area (Å²) in [6.45, 7) is 4.71. The number of methoxy groups -OCH3 is 1. The lowest BCUT2D eigenvalue weighted by Gasteiger charge is -2.36. The number of hydrogen-bond acceptors (Lipinski definition) is 2. The largest absolute Gasteiger partial charge is 0.497 e. The average Bonchev–Trinajstić information content (AvgIpc) is 3.08. The van der Waals surface area contributed by atoms with Crippen LogP contribution in [0.25, 0.3) is 10.9 Å². The second-order valence-electron chi connectivity index (χ2n) is 9.51. The van der Waals surface area contributed by atoms with Gasteiger partial charge in [0.2, 0.25) is 0 Å². The summed E-state index contributed by atoms with van der Waals surface area (Å²) >= 11 is 0. The number of nitrogens with one attached hydrogen (secondary N) is 1. The fourth-order valence-corrected chi connectivity index (χ4v) is 5.87. The Bertz CT molecular complexity index is 774. The zero-order chi connectivity index (χ0) is 20.1. The van der Waals surface area contributed by atoms with E-state index >= 15 is 0 Å². The molecule has 1 atom stereocenters. The molecule has 1 unspecified atom stereocenters. The molecule has 1 N–H and O–H groups in total. The number of hydrogen-bond donors (Lipinski definition) is 1. The maximum absolute atomic E-state index is 5.47. The van der Waals surface area contributed by atoms with Gasteiger partial charge in [0.05, 0.1) is 7.11 Å². The van der Waals surface area contributed by atoms with Gasteiger partial charge in [-0.1, -0.05) is 51.4 Å². The van der Waals surface area contributed by atoms with E-state index in [1.165, 1.54) is 106 Å². The molecule has 0 amide bonds. The number of fused-ring (bicyclic) bond motifs is 1. The van der Waals surface area contributed by atoms with Crippen LogP contribution >= 0.6 is 0 Å². The first-order valence-electron chi connectivity index (χ1n) is 12.1. The summed E-state index contributed by atoms with van der Waals surface area (Å²) in [4.78, 5) is 6.38. The molecule has 2 heterocycles. The zero-order valence-corrected chi connectivity index (χ0v) is 18.6. The van der Waals surface area contributed by atoms with Crippen LogP contribution in [-0.4, -0.2) is 36.1 Å². The molecule has 2 fully saturated rings. The normalized spacial score (nSPS) is 21.7. The Morgan fingerprint density at radius 3 is 2.69 bits per heavy atom. The van der Waals surface area contributed by atoms with Crippen molar-refractivity contribution < 1.29 is 4.74 Å². The Morgan fingerprint density at radius 2 is 1.86 bits per heavy atom. The summed E-state index contributed by atoms with van der Waals surface area (Å²) in [6.07, 6.45) is 17.1. The number of piperidine rings is 1. The van der Waals surface area contributed by atoms with Gasteiger partial charge in [0.15, 0.2) is 0 Å². The Balaban J connectivity index is 1.34. The minimum Gasteiger partial charge on any atom is -0.497 e. The highest BCUT2D eigenvalue weighted by Gasteiger charge is 2.23. The summed E-state index contributed by atoms with van der Waals surface area (Å²) in [5.74, 6) is 1.99. The molecule has 3 nitrogen and oxygen atoms in total.